The van der Waals surface area contributed by atoms with E-state index in [0.717, 1.165) is 18.5 Å². The first-order valence-corrected chi connectivity index (χ1v) is 7.04. The molecular formula is C17H18N2O2. The minimum atomic E-state index is -0.218. The van der Waals surface area contributed by atoms with Crippen LogP contribution in [0.4, 0.5) is 11.4 Å². The number of nitrogens with two attached hydrogens (primary N) is 1. The Morgan fingerprint density at radius 1 is 1.14 bits per heavy atom. The number of rotatable bonds is 3. The smallest absolute Gasteiger partial charge is 0.257 e. The number of hydrogen-bond acceptors (Lipinski definition) is 3. The van der Waals surface area contributed by atoms with E-state index >= 15 is 0 Å². The van der Waals surface area contributed by atoms with Crippen LogP contribution in [0.25, 0.3) is 0 Å². The van der Waals surface area contributed by atoms with Crippen molar-refractivity contribution in [3.05, 3.63) is 53.1 Å². The largest absolute Gasteiger partial charge is 0.497 e. The number of nitrogens with one attached hydrogen (secondary N) is 1. The second kappa shape index (κ2) is 5.48. The van der Waals surface area contributed by atoms with Crippen LogP contribution in [-0.4, -0.2) is 13.0 Å². The second-order valence-electron chi connectivity index (χ2n) is 5.24. The maximum absolute atomic E-state index is 12.4. The van der Waals surface area contributed by atoms with Crippen molar-refractivity contribution >= 4 is 17.3 Å². The molecule has 2 aromatic rings. The highest BCUT2D eigenvalue weighted by atomic mass is 16.5. The fourth-order valence-corrected chi connectivity index (χ4v) is 2.71. The molecular weight excluding hydrogens is 264 g/mol. The predicted molar refractivity (Wildman–Crippen MR) is 83.8 cm³/mol. The van der Waals surface area contributed by atoms with Crippen molar-refractivity contribution in [2.45, 2.75) is 19.3 Å². The average molecular weight is 282 g/mol. The molecule has 1 aliphatic rings. The van der Waals surface area contributed by atoms with Gasteiger partial charge >= 0.3 is 0 Å². The van der Waals surface area contributed by atoms with Gasteiger partial charge in [-0.05, 0) is 60.7 Å². The van der Waals surface area contributed by atoms with E-state index < -0.39 is 0 Å². The molecule has 0 spiro atoms. The first-order chi connectivity index (χ1) is 10.2. The van der Waals surface area contributed by atoms with E-state index in [-0.39, 0.29) is 5.91 Å². The molecule has 0 unspecified atom stereocenters. The Balaban J connectivity index is 1.83. The third kappa shape index (κ3) is 2.70. The molecule has 0 saturated heterocycles. The van der Waals surface area contributed by atoms with Gasteiger partial charge in [0.1, 0.15) is 5.75 Å². The van der Waals surface area contributed by atoms with Gasteiger partial charge in [-0.25, -0.2) is 0 Å². The number of carbonyl (C=O) groups excluding carboxylic acids is 1. The van der Waals surface area contributed by atoms with Gasteiger partial charge in [0, 0.05) is 11.4 Å². The van der Waals surface area contributed by atoms with Crippen LogP contribution in [-0.2, 0) is 12.8 Å². The molecule has 21 heavy (non-hydrogen) atoms. The van der Waals surface area contributed by atoms with E-state index in [9.17, 15) is 4.79 Å². The van der Waals surface area contributed by atoms with E-state index in [4.69, 9.17) is 10.5 Å². The Morgan fingerprint density at radius 3 is 2.76 bits per heavy atom. The van der Waals surface area contributed by atoms with Crippen LogP contribution < -0.4 is 15.8 Å². The van der Waals surface area contributed by atoms with E-state index in [1.165, 1.54) is 17.5 Å². The molecule has 0 bridgehead atoms. The molecule has 1 amide bonds. The van der Waals surface area contributed by atoms with E-state index in [0.29, 0.717) is 17.0 Å². The summed E-state index contributed by atoms with van der Waals surface area (Å²) in [5.41, 5.74) is 10.3. The number of ether oxygens (including phenoxy) is 1. The first kappa shape index (κ1) is 13.5. The maximum Gasteiger partial charge on any atom is 0.257 e. The molecule has 1 aliphatic carbocycles. The number of methoxy groups -OCH3 is 1. The fraction of sp³-hybridized carbons (Fsp3) is 0.235. The Kier molecular flexibility index (Phi) is 3.52. The normalized spacial score (nSPS) is 12.8. The van der Waals surface area contributed by atoms with Crippen molar-refractivity contribution in [1.29, 1.82) is 0 Å². The Hall–Kier alpha value is -2.49. The number of amides is 1. The Bertz CT molecular complexity index is 695. The lowest BCUT2D eigenvalue weighted by atomic mass is 10.1. The summed E-state index contributed by atoms with van der Waals surface area (Å²) in [5, 5.41) is 2.91. The molecule has 0 fully saturated rings. The molecule has 4 heteroatoms. The van der Waals surface area contributed by atoms with Gasteiger partial charge in [-0.2, -0.15) is 0 Å². The number of nitrogen functional groups attached to an aromatic ring is 1. The van der Waals surface area contributed by atoms with Crippen molar-refractivity contribution in [2.24, 2.45) is 0 Å². The molecule has 3 N–H and O–H groups in total. The van der Waals surface area contributed by atoms with Gasteiger partial charge < -0.3 is 15.8 Å². The third-order valence-corrected chi connectivity index (χ3v) is 3.86. The van der Waals surface area contributed by atoms with Gasteiger partial charge in [0.25, 0.3) is 5.91 Å². The van der Waals surface area contributed by atoms with E-state index in [2.05, 4.69) is 17.4 Å². The van der Waals surface area contributed by atoms with Crippen molar-refractivity contribution in [3.63, 3.8) is 0 Å². The zero-order chi connectivity index (χ0) is 14.8. The molecule has 0 heterocycles. The number of anilines is 2. The highest BCUT2D eigenvalue weighted by molar-refractivity contribution is 6.08. The lowest BCUT2D eigenvalue weighted by molar-refractivity contribution is 0.102. The van der Waals surface area contributed by atoms with Gasteiger partial charge in [0.2, 0.25) is 0 Å². The van der Waals surface area contributed by atoms with Gasteiger partial charge in [-0.1, -0.05) is 6.07 Å². The van der Waals surface area contributed by atoms with Crippen LogP contribution >= 0.6 is 0 Å². The van der Waals surface area contributed by atoms with Crippen molar-refractivity contribution in [1.82, 2.24) is 0 Å². The number of fused-ring (bicyclic) bond motifs is 1. The van der Waals surface area contributed by atoms with Crippen LogP contribution in [0, 0.1) is 0 Å². The molecule has 0 saturated carbocycles. The summed E-state index contributed by atoms with van der Waals surface area (Å²) in [6, 6.07) is 11.2. The molecule has 0 aromatic heterocycles. The van der Waals surface area contributed by atoms with Gasteiger partial charge in [-0.3, -0.25) is 4.79 Å². The minimum absolute atomic E-state index is 0.218. The van der Waals surface area contributed by atoms with Crippen molar-refractivity contribution < 1.29 is 9.53 Å². The van der Waals surface area contributed by atoms with Gasteiger partial charge in [-0.15, -0.1) is 0 Å². The summed E-state index contributed by atoms with van der Waals surface area (Å²) in [6.07, 6.45) is 3.41. The first-order valence-electron chi connectivity index (χ1n) is 7.04. The number of benzene rings is 2. The summed E-state index contributed by atoms with van der Waals surface area (Å²) in [6.45, 7) is 0. The summed E-state index contributed by atoms with van der Waals surface area (Å²) in [5.74, 6) is 0.396. The van der Waals surface area contributed by atoms with Gasteiger partial charge in [0.05, 0.1) is 12.7 Å². The highest BCUT2D eigenvalue weighted by Gasteiger charge is 2.14. The lowest BCUT2D eigenvalue weighted by Gasteiger charge is -2.10. The van der Waals surface area contributed by atoms with Crippen LogP contribution in [0.5, 0.6) is 5.75 Å². The number of hydrogen-bond donors (Lipinski definition) is 2. The molecule has 2 aromatic carbocycles. The monoisotopic (exact) mass is 282 g/mol. The zero-order valence-electron chi connectivity index (χ0n) is 12.0. The topological polar surface area (TPSA) is 64.3 Å². The molecule has 0 radical (unpaired) electrons. The summed E-state index contributed by atoms with van der Waals surface area (Å²) >= 11 is 0. The minimum Gasteiger partial charge on any atom is -0.497 e. The molecule has 108 valence electrons. The Labute approximate surface area is 123 Å². The van der Waals surface area contributed by atoms with E-state index in [1.54, 1.807) is 25.3 Å². The summed E-state index contributed by atoms with van der Waals surface area (Å²) in [7, 11) is 1.56. The van der Waals surface area contributed by atoms with Crippen molar-refractivity contribution in [3.8, 4) is 5.75 Å². The highest BCUT2D eigenvalue weighted by Crippen LogP contribution is 2.26. The third-order valence-electron chi connectivity index (χ3n) is 3.86. The van der Waals surface area contributed by atoms with Crippen LogP contribution in [0.2, 0.25) is 0 Å². The summed E-state index contributed by atoms with van der Waals surface area (Å²) in [4.78, 5) is 12.4. The predicted octanol–water partition coefficient (Wildman–Crippen LogP) is 3.02. The number of carbonyl (C=O) groups is 1. The standard InChI is InChI=1S/C17H18N2O2/c1-21-14-7-8-16(18)15(10-14)17(20)19-13-6-5-11-3-2-4-12(11)9-13/h5-10H,2-4,18H2,1H3,(H,19,20). The lowest BCUT2D eigenvalue weighted by Crippen LogP contribution is -2.14. The fourth-order valence-electron chi connectivity index (χ4n) is 2.71. The van der Waals surface area contributed by atoms with Crippen LogP contribution in [0.1, 0.15) is 27.9 Å². The number of aryl methyl sites for hydroxylation is 2. The summed E-state index contributed by atoms with van der Waals surface area (Å²) < 4.78 is 5.14. The van der Waals surface area contributed by atoms with E-state index in [1.807, 2.05) is 6.07 Å². The van der Waals surface area contributed by atoms with Crippen molar-refractivity contribution in [2.75, 3.05) is 18.2 Å². The van der Waals surface area contributed by atoms with Gasteiger partial charge in [0.15, 0.2) is 0 Å². The van der Waals surface area contributed by atoms with Crippen LogP contribution in [0.15, 0.2) is 36.4 Å². The molecule has 0 aliphatic heterocycles. The molecule has 0 atom stereocenters. The quantitative estimate of drug-likeness (QED) is 0.850. The molecule has 4 nitrogen and oxygen atoms in total. The SMILES string of the molecule is COc1ccc(N)c(C(=O)Nc2ccc3c(c2)CCC3)c1. The average Bonchev–Trinajstić information content (AvgIpc) is 2.95. The maximum atomic E-state index is 12.4. The molecule has 3 rings (SSSR count). The zero-order valence-corrected chi connectivity index (χ0v) is 12.0. The second-order valence-corrected chi connectivity index (χ2v) is 5.24. The Morgan fingerprint density at radius 2 is 1.95 bits per heavy atom. The van der Waals surface area contributed by atoms with Crippen LogP contribution in [0.3, 0.4) is 0 Å².